The average molecular weight is 481 g/mol. The van der Waals surface area contributed by atoms with Crippen molar-refractivity contribution in [3.8, 4) is 0 Å². The molecule has 1 saturated heterocycles. The summed E-state index contributed by atoms with van der Waals surface area (Å²) in [6.07, 6.45) is 12.8. The quantitative estimate of drug-likeness (QED) is 0.418. The Hall–Kier alpha value is -0.170. The van der Waals surface area contributed by atoms with E-state index in [-0.39, 0.29) is 27.5 Å². The van der Waals surface area contributed by atoms with Gasteiger partial charge in [-0.25, -0.2) is 0 Å². The van der Waals surface area contributed by atoms with Crippen LogP contribution in [-0.4, -0.2) is 50.6 Å². The van der Waals surface area contributed by atoms with E-state index < -0.39 is 5.60 Å². The number of carbonyl (C=O) groups excluding carboxylic acids is 1. The van der Waals surface area contributed by atoms with Crippen LogP contribution in [0.3, 0.4) is 0 Å². The maximum absolute atomic E-state index is 11.9. The monoisotopic (exact) mass is 480 g/mol. The molecule has 3 saturated carbocycles. The number of thioether (sulfide) groups is 2. The number of aliphatic hydroxyl groups is 2. The molecule has 6 heteroatoms. The van der Waals surface area contributed by atoms with E-state index in [4.69, 9.17) is 4.74 Å². The molecule has 4 fully saturated rings. The number of ether oxygens (including phenoxy) is 1. The second-order valence-electron chi connectivity index (χ2n) is 11.4. The fourth-order valence-electron chi connectivity index (χ4n) is 8.58. The van der Waals surface area contributed by atoms with E-state index in [1.54, 1.807) is 12.5 Å². The van der Waals surface area contributed by atoms with Crippen molar-refractivity contribution < 1.29 is 19.7 Å². The van der Waals surface area contributed by atoms with Gasteiger partial charge in [-0.3, -0.25) is 4.79 Å². The van der Waals surface area contributed by atoms with Crippen molar-refractivity contribution in [2.45, 2.75) is 87.7 Å². The Kier molecular flexibility index (Phi) is 6.26. The van der Waals surface area contributed by atoms with Crippen LogP contribution < -0.4 is 0 Å². The van der Waals surface area contributed by atoms with Gasteiger partial charge < -0.3 is 14.9 Å². The highest BCUT2D eigenvalue weighted by Crippen LogP contribution is 2.69. The van der Waals surface area contributed by atoms with Crippen LogP contribution in [0, 0.1) is 28.6 Å². The number of fused-ring (bicyclic) bond motifs is 5. The van der Waals surface area contributed by atoms with Crippen molar-refractivity contribution in [3.63, 3.8) is 0 Å². The fraction of sp³-hybridized carbons (Fsp3) is 0.885. The number of carbonyl (C=O) groups is 1. The van der Waals surface area contributed by atoms with E-state index in [1.165, 1.54) is 24.3 Å². The maximum Gasteiger partial charge on any atom is 0.302 e. The molecule has 2 N–H and O–H groups in total. The second kappa shape index (κ2) is 8.49. The number of hydrogen-bond acceptors (Lipinski definition) is 6. The van der Waals surface area contributed by atoms with Gasteiger partial charge in [0.1, 0.15) is 6.61 Å². The van der Waals surface area contributed by atoms with Crippen molar-refractivity contribution >= 4 is 29.5 Å². The minimum absolute atomic E-state index is 0.00329. The predicted molar refractivity (Wildman–Crippen MR) is 132 cm³/mol. The molecule has 0 unspecified atom stereocenters. The molecule has 32 heavy (non-hydrogen) atoms. The average Bonchev–Trinajstić information content (AvgIpc) is 3.33. The van der Waals surface area contributed by atoms with Crippen LogP contribution in [-0.2, 0) is 9.53 Å². The zero-order valence-electron chi connectivity index (χ0n) is 19.7. The van der Waals surface area contributed by atoms with Crippen molar-refractivity contribution in [1.82, 2.24) is 0 Å². The number of hydrogen-bond donors (Lipinski definition) is 2. The molecule has 4 nitrogen and oxygen atoms in total. The first-order chi connectivity index (χ1) is 15.3. The zero-order valence-corrected chi connectivity index (χ0v) is 21.4. The van der Waals surface area contributed by atoms with Gasteiger partial charge in [0.2, 0.25) is 0 Å². The van der Waals surface area contributed by atoms with E-state index in [2.05, 4.69) is 36.5 Å². The Balaban J connectivity index is 1.47. The third kappa shape index (κ3) is 3.53. The van der Waals surface area contributed by atoms with Gasteiger partial charge in [0.05, 0.1) is 9.68 Å². The molecule has 180 valence electrons. The van der Waals surface area contributed by atoms with Gasteiger partial charge in [0.15, 0.2) is 0 Å². The molecule has 0 amide bonds. The molecule has 5 aliphatic rings. The first-order valence-electron chi connectivity index (χ1n) is 12.7. The SMILES string of the molecule is CC(=O)OC[C@]12CCC3(C=C1CC[C@@H]1[C@@H]2CC[C@@]2(C)[C@H]1CC[C@@]2(O)CCCO)SCCS3. The molecular formula is C26H40O4S2. The zero-order chi connectivity index (χ0) is 22.6. The van der Waals surface area contributed by atoms with Crippen molar-refractivity contribution in [3.05, 3.63) is 11.6 Å². The van der Waals surface area contributed by atoms with Crippen LogP contribution in [0.25, 0.3) is 0 Å². The summed E-state index contributed by atoms with van der Waals surface area (Å²) >= 11 is 4.24. The van der Waals surface area contributed by atoms with Gasteiger partial charge in [0.25, 0.3) is 0 Å². The van der Waals surface area contributed by atoms with E-state index in [1.807, 2.05) is 0 Å². The molecular weight excluding hydrogens is 440 g/mol. The maximum atomic E-state index is 11.9. The molecule has 6 atom stereocenters. The summed E-state index contributed by atoms with van der Waals surface area (Å²) in [5, 5.41) is 21.1. The highest BCUT2D eigenvalue weighted by Gasteiger charge is 2.65. The van der Waals surface area contributed by atoms with Crippen LogP contribution in [0.4, 0.5) is 0 Å². The standard InChI is InChI=1S/C26H40O4S2/c1-18(28)30-17-24-11-12-26(31-14-15-32-26)16-19(24)4-5-20-21-7-10-25(29,8-3-13-27)23(21,2)9-6-22(20)24/h16,20-22,27,29H,3-15,17H2,1-2H3/t20-,21-,22-,23-,24+,25-/m0/s1. The topological polar surface area (TPSA) is 66.8 Å². The van der Waals surface area contributed by atoms with Crippen LogP contribution in [0.1, 0.15) is 78.1 Å². The minimum atomic E-state index is -0.641. The van der Waals surface area contributed by atoms with E-state index in [0.717, 1.165) is 38.5 Å². The van der Waals surface area contributed by atoms with Crippen LogP contribution >= 0.6 is 23.5 Å². The minimum Gasteiger partial charge on any atom is -0.465 e. The first-order valence-corrected chi connectivity index (χ1v) is 14.7. The Labute approximate surface area is 201 Å². The second-order valence-corrected chi connectivity index (χ2v) is 14.5. The molecule has 1 aliphatic heterocycles. The molecule has 0 radical (unpaired) electrons. The first kappa shape index (κ1) is 23.6. The molecule has 0 bridgehead atoms. The summed E-state index contributed by atoms with van der Waals surface area (Å²) in [7, 11) is 0. The highest BCUT2D eigenvalue weighted by molar-refractivity contribution is 8.21. The molecule has 0 aromatic heterocycles. The Morgan fingerprint density at radius 2 is 1.88 bits per heavy atom. The van der Waals surface area contributed by atoms with E-state index in [9.17, 15) is 15.0 Å². The molecule has 4 aliphatic carbocycles. The lowest BCUT2D eigenvalue weighted by Gasteiger charge is -2.60. The third-order valence-electron chi connectivity index (χ3n) is 10.2. The summed E-state index contributed by atoms with van der Waals surface area (Å²) in [6, 6.07) is 0. The van der Waals surface area contributed by atoms with E-state index in [0.29, 0.717) is 37.2 Å². The number of aliphatic hydroxyl groups excluding tert-OH is 1. The smallest absolute Gasteiger partial charge is 0.302 e. The van der Waals surface area contributed by atoms with Crippen molar-refractivity contribution in [2.24, 2.45) is 28.6 Å². The van der Waals surface area contributed by atoms with Crippen molar-refractivity contribution in [1.29, 1.82) is 0 Å². The largest absolute Gasteiger partial charge is 0.465 e. The van der Waals surface area contributed by atoms with Gasteiger partial charge >= 0.3 is 5.97 Å². The van der Waals surface area contributed by atoms with Crippen LogP contribution in [0.2, 0.25) is 0 Å². The van der Waals surface area contributed by atoms with Crippen molar-refractivity contribution in [2.75, 3.05) is 24.7 Å². The summed E-state index contributed by atoms with van der Waals surface area (Å²) in [6.45, 7) is 4.58. The predicted octanol–water partition coefficient (Wildman–Crippen LogP) is 5.17. The molecule has 0 aromatic carbocycles. The number of rotatable bonds is 5. The van der Waals surface area contributed by atoms with Gasteiger partial charge in [0, 0.05) is 30.5 Å². The third-order valence-corrected chi connectivity index (χ3v) is 13.6. The Morgan fingerprint density at radius 3 is 2.59 bits per heavy atom. The lowest BCUT2D eigenvalue weighted by Crippen LogP contribution is -2.57. The summed E-state index contributed by atoms with van der Waals surface area (Å²) < 4.78 is 6.05. The Morgan fingerprint density at radius 1 is 1.12 bits per heavy atom. The number of esters is 1. The lowest BCUT2D eigenvalue weighted by atomic mass is 9.46. The van der Waals surface area contributed by atoms with E-state index >= 15 is 0 Å². The summed E-state index contributed by atoms with van der Waals surface area (Å²) in [5.74, 6) is 4.00. The summed E-state index contributed by atoms with van der Waals surface area (Å²) in [4.78, 5) is 11.9. The van der Waals surface area contributed by atoms with Crippen LogP contribution in [0.5, 0.6) is 0 Å². The Bertz CT molecular complexity index is 778. The summed E-state index contributed by atoms with van der Waals surface area (Å²) in [5.41, 5.74) is 0.875. The van der Waals surface area contributed by atoms with Crippen LogP contribution in [0.15, 0.2) is 11.6 Å². The molecule has 5 rings (SSSR count). The highest BCUT2D eigenvalue weighted by atomic mass is 32.2. The lowest BCUT2D eigenvalue weighted by molar-refractivity contribution is -0.156. The molecule has 1 spiro atoms. The molecule has 0 aromatic rings. The molecule has 1 heterocycles. The van der Waals surface area contributed by atoms with Gasteiger partial charge in [-0.05, 0) is 87.4 Å². The van der Waals surface area contributed by atoms with Gasteiger partial charge in [-0.1, -0.05) is 18.6 Å². The van der Waals surface area contributed by atoms with Gasteiger partial charge in [-0.15, -0.1) is 23.5 Å². The van der Waals surface area contributed by atoms with Gasteiger partial charge in [-0.2, -0.15) is 0 Å². The fourth-order valence-corrected chi connectivity index (χ4v) is 11.7. The normalized spacial score (nSPS) is 44.5.